The lowest BCUT2D eigenvalue weighted by Gasteiger charge is -2.24. The van der Waals surface area contributed by atoms with Crippen molar-refractivity contribution in [1.29, 1.82) is 0 Å². The molecule has 0 aromatic carbocycles. The summed E-state index contributed by atoms with van der Waals surface area (Å²) in [6, 6.07) is 0. The maximum absolute atomic E-state index is 12.4. The van der Waals surface area contributed by atoms with E-state index in [9.17, 15) is 19.0 Å². The molecule has 0 aromatic heterocycles. The highest BCUT2D eigenvalue weighted by atomic mass is 31.2. The molecule has 41 heavy (non-hydrogen) atoms. The third kappa shape index (κ3) is 28.6. The van der Waals surface area contributed by atoms with Gasteiger partial charge in [-0.25, -0.2) is 4.57 Å². The number of esters is 2. The van der Waals surface area contributed by atoms with E-state index in [0.717, 1.165) is 38.5 Å². The molecule has 1 unspecified atom stereocenters. The van der Waals surface area contributed by atoms with Crippen molar-refractivity contribution in [3.63, 3.8) is 0 Å². The van der Waals surface area contributed by atoms with Gasteiger partial charge in [-0.1, -0.05) is 83.8 Å². The van der Waals surface area contributed by atoms with Crippen LogP contribution in [0.25, 0.3) is 0 Å². The first-order chi connectivity index (χ1) is 19.5. The van der Waals surface area contributed by atoms with E-state index in [1.165, 1.54) is 44.9 Å². The van der Waals surface area contributed by atoms with Gasteiger partial charge in [0, 0.05) is 12.8 Å². The monoisotopic (exact) mass is 606 g/mol. The number of quaternary nitrogens is 1. The summed E-state index contributed by atoms with van der Waals surface area (Å²) in [6.07, 6.45) is 20.9. The van der Waals surface area contributed by atoms with Gasteiger partial charge in [-0.3, -0.25) is 18.6 Å². The van der Waals surface area contributed by atoms with Crippen LogP contribution >= 0.6 is 7.82 Å². The summed E-state index contributed by atoms with van der Waals surface area (Å²) in [7, 11) is 1.47. The quantitative estimate of drug-likeness (QED) is 0.0321. The Morgan fingerprint density at radius 3 is 1.85 bits per heavy atom. The lowest BCUT2D eigenvalue weighted by Crippen LogP contribution is -2.37. The van der Waals surface area contributed by atoms with E-state index in [-0.39, 0.29) is 26.1 Å². The Morgan fingerprint density at radius 2 is 1.27 bits per heavy atom. The molecule has 0 fully saturated rings. The molecule has 0 radical (unpaired) electrons. The molecule has 242 valence electrons. The number of allylic oxidation sites excluding steroid dienone is 2. The van der Waals surface area contributed by atoms with Gasteiger partial charge in [0.25, 0.3) is 0 Å². The number of phosphoric ester groups is 1. The topological polar surface area (TPSA) is 108 Å². The van der Waals surface area contributed by atoms with E-state index in [0.29, 0.717) is 23.9 Å². The van der Waals surface area contributed by atoms with Crippen molar-refractivity contribution in [3.05, 3.63) is 12.2 Å². The van der Waals surface area contributed by atoms with Gasteiger partial charge in [-0.2, -0.15) is 0 Å². The minimum Gasteiger partial charge on any atom is -0.462 e. The smallest absolute Gasteiger partial charge is 0.462 e. The summed E-state index contributed by atoms with van der Waals surface area (Å²) in [6.45, 7) is 4.11. The molecular weight excluding hydrogens is 545 g/mol. The number of nitrogens with zero attached hydrogens (tertiary/aromatic N) is 1. The number of ether oxygens (including phenoxy) is 2. The van der Waals surface area contributed by atoms with Gasteiger partial charge in [-0.15, -0.1) is 0 Å². The molecule has 0 heterocycles. The number of rotatable bonds is 28. The Balaban J connectivity index is 4.28. The zero-order valence-corrected chi connectivity index (χ0v) is 27.7. The fraction of sp³-hybridized carbons (Fsp3) is 0.871. The van der Waals surface area contributed by atoms with Crippen molar-refractivity contribution in [3.8, 4) is 0 Å². The van der Waals surface area contributed by atoms with Crippen molar-refractivity contribution in [1.82, 2.24) is 0 Å². The normalized spacial score (nSPS) is 14.2. The van der Waals surface area contributed by atoms with Crippen molar-refractivity contribution in [2.45, 2.75) is 129 Å². The minimum absolute atomic E-state index is 0.0310. The molecule has 0 aliphatic heterocycles. The average Bonchev–Trinajstić information content (AvgIpc) is 2.90. The maximum atomic E-state index is 12.4. The van der Waals surface area contributed by atoms with Crippen LogP contribution in [-0.2, 0) is 32.7 Å². The average molecular weight is 607 g/mol. The summed E-state index contributed by atoms with van der Waals surface area (Å²) >= 11 is 0. The lowest BCUT2D eigenvalue weighted by atomic mass is 10.1. The minimum atomic E-state index is -4.34. The van der Waals surface area contributed by atoms with E-state index in [4.69, 9.17) is 18.5 Å². The van der Waals surface area contributed by atoms with Crippen LogP contribution in [0, 0.1) is 0 Å². The Labute approximate surface area is 250 Å². The molecule has 0 saturated heterocycles. The van der Waals surface area contributed by atoms with Crippen LogP contribution in [0.4, 0.5) is 0 Å². The second-order valence-electron chi connectivity index (χ2n) is 11.8. The maximum Gasteiger partial charge on any atom is 0.472 e. The molecule has 1 N–H and O–H groups in total. The molecule has 0 aromatic rings. The van der Waals surface area contributed by atoms with Crippen LogP contribution < -0.4 is 0 Å². The van der Waals surface area contributed by atoms with Crippen molar-refractivity contribution >= 4 is 19.8 Å². The molecule has 0 spiro atoms. The van der Waals surface area contributed by atoms with Gasteiger partial charge < -0.3 is 18.9 Å². The first-order valence-corrected chi connectivity index (χ1v) is 17.4. The number of hydrogen-bond donors (Lipinski definition) is 1. The van der Waals surface area contributed by atoms with E-state index >= 15 is 0 Å². The molecule has 0 amide bonds. The lowest BCUT2D eigenvalue weighted by molar-refractivity contribution is -0.870. The highest BCUT2D eigenvalue weighted by Crippen LogP contribution is 2.43. The van der Waals surface area contributed by atoms with Crippen LogP contribution in [0.5, 0.6) is 0 Å². The van der Waals surface area contributed by atoms with Crippen molar-refractivity contribution in [2.24, 2.45) is 0 Å². The van der Waals surface area contributed by atoms with E-state index in [1.807, 2.05) is 28.1 Å². The Morgan fingerprint density at radius 1 is 0.732 bits per heavy atom. The van der Waals surface area contributed by atoms with Gasteiger partial charge in [0.05, 0.1) is 27.7 Å². The fourth-order valence-corrected chi connectivity index (χ4v) is 4.67. The zero-order chi connectivity index (χ0) is 30.8. The number of unbranched alkanes of at least 4 members (excludes halogenated alkanes) is 12. The fourth-order valence-electron chi connectivity index (χ4n) is 3.92. The molecular formula is C31H61NO8P+. The van der Waals surface area contributed by atoms with Gasteiger partial charge in [0.15, 0.2) is 6.10 Å². The number of carbonyl (C=O) groups excluding carboxylic acids is 2. The molecule has 0 aliphatic carbocycles. The van der Waals surface area contributed by atoms with Crippen LogP contribution in [-0.4, -0.2) is 74.9 Å². The first kappa shape index (κ1) is 39.8. The molecule has 0 aliphatic rings. The second kappa shape index (κ2) is 25.3. The van der Waals surface area contributed by atoms with Crippen LogP contribution in [0.3, 0.4) is 0 Å². The molecule has 9 nitrogen and oxygen atoms in total. The number of phosphoric acid groups is 1. The Hall–Kier alpha value is -1.25. The van der Waals surface area contributed by atoms with E-state index in [1.54, 1.807) is 0 Å². The zero-order valence-electron chi connectivity index (χ0n) is 26.8. The van der Waals surface area contributed by atoms with Crippen LogP contribution in [0.15, 0.2) is 12.2 Å². The summed E-state index contributed by atoms with van der Waals surface area (Å²) in [4.78, 5) is 34.3. The third-order valence-corrected chi connectivity index (χ3v) is 7.53. The van der Waals surface area contributed by atoms with Gasteiger partial charge in [-0.05, 0) is 38.5 Å². The van der Waals surface area contributed by atoms with Gasteiger partial charge in [0.1, 0.15) is 19.8 Å². The summed E-state index contributed by atoms with van der Waals surface area (Å²) < 4.78 is 33.5. The predicted octanol–water partition coefficient (Wildman–Crippen LogP) is 7.51. The van der Waals surface area contributed by atoms with Crippen molar-refractivity contribution in [2.75, 3.05) is 47.5 Å². The Kier molecular flexibility index (Phi) is 24.5. The summed E-state index contributed by atoms with van der Waals surface area (Å²) in [5, 5.41) is 0. The summed E-state index contributed by atoms with van der Waals surface area (Å²) in [5.41, 5.74) is 0. The molecule has 0 bridgehead atoms. The SMILES string of the molecule is CCCCCCCC/C=C\CCCCCCCC(=O)O[C@@H](COC(=O)CCCC)COP(=O)(O)OCC[N+](C)(C)C. The van der Waals surface area contributed by atoms with Crippen molar-refractivity contribution < 1.29 is 42.1 Å². The van der Waals surface area contributed by atoms with Gasteiger partial charge in [0.2, 0.25) is 0 Å². The molecule has 2 atom stereocenters. The number of carbonyl (C=O) groups is 2. The predicted molar refractivity (Wildman–Crippen MR) is 164 cm³/mol. The van der Waals surface area contributed by atoms with E-state index < -0.39 is 32.5 Å². The Bertz CT molecular complexity index is 738. The highest BCUT2D eigenvalue weighted by Gasteiger charge is 2.27. The van der Waals surface area contributed by atoms with Crippen LogP contribution in [0.2, 0.25) is 0 Å². The highest BCUT2D eigenvalue weighted by molar-refractivity contribution is 7.47. The standard InChI is InChI=1S/C31H60NO8P/c1-6-8-10-11-12-13-14-15-16-17-18-19-20-21-22-24-31(34)40-29(27-37-30(33)23-9-7-2)28-39-41(35,36)38-26-25-32(3,4)5/h15-16,29H,6-14,17-28H2,1-5H3/p+1/b16-15-/t29-/m0/s1. The molecule has 10 heteroatoms. The molecule has 0 saturated carbocycles. The largest absolute Gasteiger partial charge is 0.472 e. The second-order valence-corrected chi connectivity index (χ2v) is 13.3. The number of likely N-dealkylation sites (N-methyl/N-ethyl adjacent to an activating group) is 1. The molecule has 0 rings (SSSR count). The number of hydrogen-bond acceptors (Lipinski definition) is 7. The first-order valence-electron chi connectivity index (χ1n) is 15.9. The van der Waals surface area contributed by atoms with Gasteiger partial charge >= 0.3 is 19.8 Å². The van der Waals surface area contributed by atoms with Crippen LogP contribution in [0.1, 0.15) is 123 Å². The summed E-state index contributed by atoms with van der Waals surface area (Å²) in [5.74, 6) is -0.851. The third-order valence-electron chi connectivity index (χ3n) is 6.55. The van der Waals surface area contributed by atoms with E-state index in [2.05, 4.69) is 19.1 Å².